The first kappa shape index (κ1) is 11.1. The number of benzene rings is 1. The molecule has 0 N–H and O–H groups in total. The Balaban J connectivity index is 2.03. The van der Waals surface area contributed by atoms with Gasteiger partial charge in [-0.3, -0.25) is 0 Å². The van der Waals surface area contributed by atoms with Crippen molar-refractivity contribution in [3.63, 3.8) is 0 Å². The third kappa shape index (κ3) is 1.94. The van der Waals surface area contributed by atoms with Crippen molar-refractivity contribution in [1.82, 2.24) is 4.90 Å². The summed E-state index contributed by atoms with van der Waals surface area (Å²) >= 11 is 0. The zero-order valence-corrected chi connectivity index (χ0v) is 10.5. The molecule has 0 saturated carbocycles. The van der Waals surface area contributed by atoms with Crippen LogP contribution in [0.1, 0.15) is 23.7 Å². The lowest BCUT2D eigenvalue weighted by molar-refractivity contribution is 0.0865. The van der Waals surface area contributed by atoms with Crippen molar-refractivity contribution in [2.75, 3.05) is 27.3 Å². The summed E-state index contributed by atoms with van der Waals surface area (Å²) < 4.78 is 11.2. The molecule has 2 aliphatic heterocycles. The van der Waals surface area contributed by atoms with Crippen molar-refractivity contribution in [2.24, 2.45) is 5.92 Å². The normalized spacial score (nSPS) is 28.4. The number of hydrogen-bond donors (Lipinski definition) is 0. The lowest BCUT2D eigenvalue weighted by Crippen LogP contribution is -2.23. The monoisotopic (exact) mass is 233 g/mol. The highest BCUT2D eigenvalue weighted by molar-refractivity contribution is 5.38. The predicted molar refractivity (Wildman–Crippen MR) is 66.1 cm³/mol. The number of nitrogens with zero attached hydrogens (tertiary/aromatic N) is 1. The van der Waals surface area contributed by atoms with Crippen LogP contribution in [0.3, 0.4) is 0 Å². The molecule has 1 saturated heterocycles. The van der Waals surface area contributed by atoms with E-state index in [1.54, 1.807) is 7.11 Å². The minimum atomic E-state index is 0.292. The second-order valence-corrected chi connectivity index (χ2v) is 5.10. The van der Waals surface area contributed by atoms with Crippen molar-refractivity contribution in [3.8, 4) is 5.75 Å². The summed E-state index contributed by atoms with van der Waals surface area (Å²) in [5.74, 6) is 1.59. The summed E-state index contributed by atoms with van der Waals surface area (Å²) in [7, 11) is 3.90. The van der Waals surface area contributed by atoms with E-state index in [2.05, 4.69) is 24.1 Å². The molecule has 3 heteroatoms. The molecule has 0 radical (unpaired) electrons. The highest BCUT2D eigenvalue weighted by Gasteiger charge is 2.34. The fourth-order valence-electron chi connectivity index (χ4n) is 3.04. The van der Waals surface area contributed by atoms with E-state index < -0.39 is 0 Å². The van der Waals surface area contributed by atoms with Gasteiger partial charge in [-0.2, -0.15) is 0 Å². The summed E-state index contributed by atoms with van der Waals surface area (Å²) in [5, 5.41) is 0. The van der Waals surface area contributed by atoms with E-state index in [4.69, 9.17) is 9.47 Å². The molecular formula is C14H19NO2. The Morgan fingerprint density at radius 2 is 2.29 bits per heavy atom. The second-order valence-electron chi connectivity index (χ2n) is 5.10. The smallest absolute Gasteiger partial charge is 0.119 e. The third-order valence-corrected chi connectivity index (χ3v) is 3.86. The highest BCUT2D eigenvalue weighted by Crippen LogP contribution is 2.40. The van der Waals surface area contributed by atoms with Crippen LogP contribution in [0.5, 0.6) is 5.75 Å². The van der Waals surface area contributed by atoms with E-state index in [9.17, 15) is 0 Å². The van der Waals surface area contributed by atoms with Gasteiger partial charge >= 0.3 is 0 Å². The molecule has 0 aliphatic carbocycles. The van der Waals surface area contributed by atoms with E-state index >= 15 is 0 Å². The molecule has 2 aliphatic rings. The summed E-state index contributed by atoms with van der Waals surface area (Å²) in [5.41, 5.74) is 2.71. The molecule has 1 fully saturated rings. The highest BCUT2D eigenvalue weighted by atomic mass is 16.5. The van der Waals surface area contributed by atoms with Crippen molar-refractivity contribution >= 4 is 0 Å². The molecule has 0 spiro atoms. The minimum Gasteiger partial charge on any atom is -0.497 e. The van der Waals surface area contributed by atoms with Crippen LogP contribution in [-0.4, -0.2) is 32.2 Å². The number of hydrogen-bond acceptors (Lipinski definition) is 3. The number of fused-ring (bicyclic) bond motifs is 3. The van der Waals surface area contributed by atoms with Gasteiger partial charge in [0, 0.05) is 25.6 Å². The second kappa shape index (κ2) is 4.31. The number of ether oxygens (including phenoxy) is 2. The summed E-state index contributed by atoms with van der Waals surface area (Å²) in [6.45, 7) is 3.01. The van der Waals surface area contributed by atoms with Crippen LogP contribution >= 0.6 is 0 Å². The Morgan fingerprint density at radius 3 is 3.12 bits per heavy atom. The summed E-state index contributed by atoms with van der Waals surface area (Å²) in [4.78, 5) is 2.39. The van der Waals surface area contributed by atoms with Crippen molar-refractivity contribution in [2.45, 2.75) is 19.1 Å². The van der Waals surface area contributed by atoms with Crippen molar-refractivity contribution in [3.05, 3.63) is 29.3 Å². The topological polar surface area (TPSA) is 21.7 Å². The molecule has 92 valence electrons. The van der Waals surface area contributed by atoms with Crippen LogP contribution < -0.4 is 4.74 Å². The van der Waals surface area contributed by atoms with Gasteiger partial charge in [0.15, 0.2) is 0 Å². The first-order chi connectivity index (χ1) is 8.28. The van der Waals surface area contributed by atoms with Crippen LogP contribution in [0.25, 0.3) is 0 Å². The Kier molecular flexibility index (Phi) is 2.81. The van der Waals surface area contributed by atoms with Gasteiger partial charge in [-0.25, -0.2) is 0 Å². The van der Waals surface area contributed by atoms with E-state index in [0.717, 1.165) is 25.4 Å². The van der Waals surface area contributed by atoms with Crippen LogP contribution in [0.15, 0.2) is 18.2 Å². The van der Waals surface area contributed by atoms with Gasteiger partial charge < -0.3 is 14.4 Å². The average molecular weight is 233 g/mol. The largest absolute Gasteiger partial charge is 0.497 e. The Bertz CT molecular complexity index is 419. The van der Waals surface area contributed by atoms with Crippen molar-refractivity contribution in [1.29, 1.82) is 0 Å². The van der Waals surface area contributed by atoms with E-state index in [0.29, 0.717) is 12.0 Å². The Labute approximate surface area is 102 Å². The maximum atomic E-state index is 5.92. The van der Waals surface area contributed by atoms with E-state index in [1.165, 1.54) is 17.5 Å². The molecule has 2 heterocycles. The molecule has 17 heavy (non-hydrogen) atoms. The van der Waals surface area contributed by atoms with Crippen LogP contribution in [0.4, 0.5) is 0 Å². The molecule has 3 rings (SSSR count). The molecule has 0 unspecified atom stereocenters. The van der Waals surface area contributed by atoms with Gasteiger partial charge in [-0.15, -0.1) is 0 Å². The molecule has 1 aromatic carbocycles. The zero-order valence-electron chi connectivity index (χ0n) is 10.5. The van der Waals surface area contributed by atoms with Crippen LogP contribution in [0, 0.1) is 5.92 Å². The van der Waals surface area contributed by atoms with E-state index in [1.807, 2.05) is 6.07 Å². The number of rotatable bonds is 1. The molecule has 2 atom stereocenters. The van der Waals surface area contributed by atoms with Gasteiger partial charge in [-0.1, -0.05) is 6.07 Å². The molecule has 0 amide bonds. The van der Waals surface area contributed by atoms with Gasteiger partial charge in [0.05, 0.1) is 13.2 Å². The Morgan fingerprint density at radius 1 is 1.41 bits per heavy atom. The molecule has 0 bridgehead atoms. The lowest BCUT2D eigenvalue weighted by atomic mass is 9.94. The average Bonchev–Trinajstić information content (AvgIpc) is 2.72. The van der Waals surface area contributed by atoms with Gasteiger partial charge in [0.1, 0.15) is 5.75 Å². The van der Waals surface area contributed by atoms with Gasteiger partial charge in [0.25, 0.3) is 0 Å². The SMILES string of the molecule is COc1ccc2c(c1)CN(C)C[C@@H]1CCO[C@@H]21. The predicted octanol–water partition coefficient (Wildman–Crippen LogP) is 2.22. The summed E-state index contributed by atoms with van der Waals surface area (Å²) in [6, 6.07) is 6.37. The summed E-state index contributed by atoms with van der Waals surface area (Å²) in [6.07, 6.45) is 1.47. The minimum absolute atomic E-state index is 0.292. The Hall–Kier alpha value is -1.06. The fourth-order valence-corrected chi connectivity index (χ4v) is 3.04. The first-order valence-electron chi connectivity index (χ1n) is 6.25. The van der Waals surface area contributed by atoms with Crippen LogP contribution in [-0.2, 0) is 11.3 Å². The molecule has 0 aromatic heterocycles. The quantitative estimate of drug-likeness (QED) is 0.742. The third-order valence-electron chi connectivity index (χ3n) is 3.86. The maximum absolute atomic E-state index is 5.92. The standard InChI is InChI=1S/C14H19NO2/c1-15-8-10-5-6-17-14(10)13-4-3-12(16-2)7-11(13)9-15/h3-4,7,10,14H,5-6,8-9H2,1-2H3/t10-,14+/m0/s1. The lowest BCUT2D eigenvalue weighted by Gasteiger charge is -2.18. The molecule has 3 nitrogen and oxygen atoms in total. The van der Waals surface area contributed by atoms with Gasteiger partial charge in [-0.05, 0) is 36.7 Å². The van der Waals surface area contributed by atoms with Crippen molar-refractivity contribution < 1.29 is 9.47 Å². The first-order valence-corrected chi connectivity index (χ1v) is 6.25. The number of methoxy groups -OCH3 is 1. The van der Waals surface area contributed by atoms with Crippen LogP contribution in [0.2, 0.25) is 0 Å². The fraction of sp³-hybridized carbons (Fsp3) is 0.571. The maximum Gasteiger partial charge on any atom is 0.119 e. The van der Waals surface area contributed by atoms with Gasteiger partial charge in [0.2, 0.25) is 0 Å². The zero-order chi connectivity index (χ0) is 11.8. The van der Waals surface area contributed by atoms with E-state index in [-0.39, 0.29) is 0 Å². The molecular weight excluding hydrogens is 214 g/mol. The molecule has 1 aromatic rings.